The van der Waals surface area contributed by atoms with Crippen LogP contribution in [0.3, 0.4) is 0 Å². The van der Waals surface area contributed by atoms with Crippen molar-refractivity contribution < 1.29 is 13.9 Å². The number of hydrogen-bond donors (Lipinski definition) is 1. The second-order valence-electron chi connectivity index (χ2n) is 4.99. The summed E-state index contributed by atoms with van der Waals surface area (Å²) in [6, 6.07) is 11.8. The van der Waals surface area contributed by atoms with E-state index in [9.17, 15) is 4.39 Å². The summed E-state index contributed by atoms with van der Waals surface area (Å²) < 4.78 is 23.8. The summed E-state index contributed by atoms with van der Waals surface area (Å²) >= 11 is 7.17. The Labute approximate surface area is 154 Å². The van der Waals surface area contributed by atoms with E-state index < -0.39 is 6.86 Å². The van der Waals surface area contributed by atoms with Gasteiger partial charge in [-0.25, -0.2) is 4.39 Å². The smallest absolute Gasteiger partial charge is 0.263 e. The van der Waals surface area contributed by atoms with Gasteiger partial charge in [-0.2, -0.15) is 0 Å². The molecule has 0 bridgehead atoms. The number of alkyl halides is 1. The van der Waals surface area contributed by atoms with Crippen LogP contribution in [0.15, 0.2) is 36.4 Å². The maximum absolute atomic E-state index is 12.2. The molecule has 2 aromatic carbocycles. The Bertz CT molecular complexity index is 709. The van der Waals surface area contributed by atoms with Crippen LogP contribution in [0.5, 0.6) is 5.75 Å². The second kappa shape index (κ2) is 8.44. The Hall–Kier alpha value is -1.41. The van der Waals surface area contributed by atoms with Gasteiger partial charge in [-0.1, -0.05) is 23.8 Å². The number of aryl methyl sites for hydroxylation is 2. The topological polar surface area (TPSA) is 30.5 Å². The summed E-state index contributed by atoms with van der Waals surface area (Å²) in [5.41, 5.74) is 3.97. The zero-order valence-electron chi connectivity index (χ0n) is 12.9. The first-order chi connectivity index (χ1) is 11.0. The maximum Gasteiger partial charge on any atom is 0.263 e. The van der Waals surface area contributed by atoms with E-state index in [2.05, 4.69) is 38.7 Å². The third-order valence-electron chi connectivity index (χ3n) is 3.24. The van der Waals surface area contributed by atoms with E-state index in [1.807, 2.05) is 44.2 Å². The van der Waals surface area contributed by atoms with Crippen LogP contribution in [0.25, 0.3) is 0 Å². The highest BCUT2D eigenvalue weighted by atomic mass is 127. The lowest BCUT2D eigenvalue weighted by Gasteiger charge is -2.16. The predicted octanol–water partition coefficient (Wildman–Crippen LogP) is 5.13. The minimum atomic E-state index is -0.954. The van der Waals surface area contributed by atoms with Crippen LogP contribution >= 0.6 is 34.8 Å². The lowest BCUT2D eigenvalue weighted by Crippen LogP contribution is -2.15. The summed E-state index contributed by atoms with van der Waals surface area (Å²) in [6.07, 6.45) is 0. The minimum absolute atomic E-state index is 0.00210. The molecule has 0 atom stereocenters. The van der Waals surface area contributed by atoms with E-state index in [1.54, 1.807) is 0 Å². The van der Waals surface area contributed by atoms with Gasteiger partial charge in [-0.3, -0.25) is 0 Å². The number of hydrogen-bond acceptors (Lipinski definition) is 3. The van der Waals surface area contributed by atoms with Crippen LogP contribution in [0.2, 0.25) is 0 Å². The molecule has 0 heterocycles. The molecule has 0 amide bonds. The average molecular weight is 445 g/mol. The molecule has 0 aliphatic carbocycles. The van der Waals surface area contributed by atoms with Gasteiger partial charge >= 0.3 is 0 Å². The summed E-state index contributed by atoms with van der Waals surface area (Å²) in [4.78, 5) is 0. The van der Waals surface area contributed by atoms with E-state index in [-0.39, 0.29) is 5.17 Å². The second-order valence-corrected chi connectivity index (χ2v) is 6.52. The van der Waals surface area contributed by atoms with Gasteiger partial charge in [0.05, 0.1) is 0 Å². The van der Waals surface area contributed by atoms with Crippen LogP contribution in [-0.4, -0.2) is 12.0 Å². The van der Waals surface area contributed by atoms with Gasteiger partial charge in [0.1, 0.15) is 12.4 Å². The maximum atomic E-state index is 12.2. The fourth-order valence-corrected chi connectivity index (χ4v) is 2.94. The molecule has 122 valence electrons. The molecule has 3 nitrogen and oxygen atoms in total. The highest BCUT2D eigenvalue weighted by Gasteiger charge is 2.10. The quantitative estimate of drug-likeness (QED) is 0.511. The molecule has 23 heavy (non-hydrogen) atoms. The first kappa shape index (κ1) is 17.9. The van der Waals surface area contributed by atoms with Crippen molar-refractivity contribution in [3.8, 4) is 5.75 Å². The van der Waals surface area contributed by atoms with E-state index in [4.69, 9.17) is 17.0 Å². The monoisotopic (exact) mass is 445 g/mol. The Balaban J connectivity index is 2.16. The molecule has 1 N–H and O–H groups in total. The number of ether oxygens (including phenoxy) is 2. The summed E-state index contributed by atoms with van der Waals surface area (Å²) in [7, 11) is 0. The van der Waals surface area contributed by atoms with Crippen molar-refractivity contribution in [3.63, 3.8) is 0 Å². The predicted molar refractivity (Wildman–Crippen MR) is 103 cm³/mol. The minimum Gasteiger partial charge on any atom is -0.489 e. The van der Waals surface area contributed by atoms with Gasteiger partial charge < -0.3 is 14.8 Å². The molecule has 0 spiro atoms. The summed E-state index contributed by atoms with van der Waals surface area (Å²) in [5.74, 6) is 0.837. The zero-order chi connectivity index (χ0) is 16.8. The van der Waals surface area contributed by atoms with E-state index >= 15 is 0 Å². The van der Waals surface area contributed by atoms with Crippen LogP contribution in [0.1, 0.15) is 16.7 Å². The Morgan fingerprint density at radius 1 is 1.26 bits per heavy atom. The molecule has 0 aliphatic heterocycles. The van der Waals surface area contributed by atoms with Crippen molar-refractivity contribution in [2.75, 3.05) is 12.2 Å². The molecule has 0 saturated carbocycles. The summed E-state index contributed by atoms with van der Waals surface area (Å²) in [6.45, 7) is 3.49. The standard InChI is InChI=1S/C17H17FINO2S/c1-11-6-7-16(12(2)8-11)21-9-13-14(19)4-3-5-15(13)20-17(23)22-10-18/h3-8H,9-10H2,1-2H3,(H,20,23). The van der Waals surface area contributed by atoms with Gasteiger partial charge in [0.2, 0.25) is 6.86 Å². The highest BCUT2D eigenvalue weighted by Crippen LogP contribution is 2.26. The highest BCUT2D eigenvalue weighted by molar-refractivity contribution is 14.1. The number of halogens is 2. The molecular formula is C17H17FINO2S. The molecule has 6 heteroatoms. The Morgan fingerprint density at radius 3 is 2.74 bits per heavy atom. The molecule has 0 unspecified atom stereocenters. The fourth-order valence-electron chi connectivity index (χ4n) is 2.13. The normalized spacial score (nSPS) is 10.3. The van der Waals surface area contributed by atoms with Gasteiger partial charge in [0, 0.05) is 14.8 Å². The van der Waals surface area contributed by atoms with Crippen molar-refractivity contribution >= 4 is 45.7 Å². The third kappa shape index (κ3) is 5.04. The third-order valence-corrected chi connectivity index (χ3v) is 4.47. The Kier molecular flexibility index (Phi) is 6.59. The largest absolute Gasteiger partial charge is 0.489 e. The van der Waals surface area contributed by atoms with Crippen molar-refractivity contribution in [2.45, 2.75) is 20.5 Å². The van der Waals surface area contributed by atoms with Crippen LogP contribution in [0.4, 0.5) is 10.1 Å². The lowest BCUT2D eigenvalue weighted by molar-refractivity contribution is 0.184. The molecule has 2 rings (SSSR count). The number of anilines is 1. The molecular weight excluding hydrogens is 428 g/mol. The van der Waals surface area contributed by atoms with E-state index in [0.717, 1.165) is 26.1 Å². The number of benzene rings is 2. The van der Waals surface area contributed by atoms with Crippen LogP contribution in [0, 0.1) is 17.4 Å². The molecule has 0 radical (unpaired) electrons. The SMILES string of the molecule is Cc1ccc(OCc2c(I)cccc2NC(=S)OCF)c(C)c1. The summed E-state index contributed by atoms with van der Waals surface area (Å²) in [5, 5.41) is 2.90. The van der Waals surface area contributed by atoms with Crippen LogP contribution in [-0.2, 0) is 11.3 Å². The lowest BCUT2D eigenvalue weighted by atomic mass is 10.1. The molecule has 0 aromatic heterocycles. The van der Waals surface area contributed by atoms with Crippen molar-refractivity contribution in [2.24, 2.45) is 0 Å². The Morgan fingerprint density at radius 2 is 2.04 bits per heavy atom. The van der Waals surface area contributed by atoms with Crippen LogP contribution < -0.4 is 10.1 Å². The zero-order valence-corrected chi connectivity index (χ0v) is 15.8. The van der Waals surface area contributed by atoms with Crippen molar-refractivity contribution in [1.82, 2.24) is 0 Å². The van der Waals surface area contributed by atoms with Gasteiger partial charge in [0.15, 0.2) is 0 Å². The van der Waals surface area contributed by atoms with Crippen molar-refractivity contribution in [3.05, 3.63) is 56.7 Å². The molecule has 0 fully saturated rings. The first-order valence-electron chi connectivity index (χ1n) is 6.98. The van der Waals surface area contributed by atoms with Crippen molar-refractivity contribution in [1.29, 1.82) is 0 Å². The van der Waals surface area contributed by atoms with Gasteiger partial charge in [-0.15, -0.1) is 0 Å². The molecule has 0 aliphatic rings. The first-order valence-corrected chi connectivity index (χ1v) is 8.47. The van der Waals surface area contributed by atoms with Gasteiger partial charge in [0.25, 0.3) is 5.17 Å². The number of rotatable bonds is 5. The van der Waals surface area contributed by atoms with E-state index in [1.165, 1.54) is 5.56 Å². The average Bonchev–Trinajstić information content (AvgIpc) is 2.48. The number of nitrogens with one attached hydrogen (secondary N) is 1. The fraction of sp³-hybridized carbons (Fsp3) is 0.235. The van der Waals surface area contributed by atoms with Gasteiger partial charge in [-0.05, 0) is 72.4 Å². The molecule has 2 aromatic rings. The van der Waals surface area contributed by atoms with E-state index in [0.29, 0.717) is 6.61 Å². The number of thiocarbonyl (C=S) groups is 1. The molecule has 0 saturated heterocycles.